The van der Waals surface area contributed by atoms with Gasteiger partial charge in [0.2, 0.25) is 0 Å². The molecule has 0 unspecified atom stereocenters. The molecule has 23 heavy (non-hydrogen) atoms. The number of nitro benzene ring substituents is 1. The van der Waals surface area contributed by atoms with E-state index in [1.54, 1.807) is 0 Å². The number of carbonyl (C=O) groups excluding carboxylic acids is 1. The number of hydrogen-bond acceptors (Lipinski definition) is 6. The molecule has 1 aliphatic rings. The maximum atomic E-state index is 12.2. The fourth-order valence-electron chi connectivity index (χ4n) is 1.88. The molecule has 0 bridgehead atoms. The summed E-state index contributed by atoms with van der Waals surface area (Å²) < 4.78 is 10.6. The van der Waals surface area contributed by atoms with Crippen LogP contribution in [0.15, 0.2) is 12.1 Å². The molecule has 0 atom stereocenters. The highest BCUT2D eigenvalue weighted by Gasteiger charge is 2.30. The van der Waals surface area contributed by atoms with E-state index in [-0.39, 0.29) is 36.8 Å². The molecule has 0 radical (unpaired) electrons. The van der Waals surface area contributed by atoms with Crippen molar-refractivity contribution in [3.05, 3.63) is 27.8 Å². The summed E-state index contributed by atoms with van der Waals surface area (Å²) in [5, 5.41) is 22.6. The van der Waals surface area contributed by atoms with Crippen LogP contribution in [0.4, 0.5) is 5.69 Å². The third kappa shape index (κ3) is 3.50. The van der Waals surface area contributed by atoms with Gasteiger partial charge in [0.1, 0.15) is 18.8 Å². The average molecular weight is 324 g/mol. The summed E-state index contributed by atoms with van der Waals surface area (Å²) in [5.74, 6) is -1.40. The monoisotopic (exact) mass is 324 g/mol. The first-order chi connectivity index (χ1) is 10.7. The zero-order valence-electron chi connectivity index (χ0n) is 12.6. The van der Waals surface area contributed by atoms with Crippen LogP contribution in [0.25, 0.3) is 0 Å². The number of nitro groups is 1. The molecule has 0 saturated carbocycles. The summed E-state index contributed by atoms with van der Waals surface area (Å²) >= 11 is 0. The molecule has 9 heteroatoms. The number of carboxylic acids is 1. The number of aliphatic carboxylic acids is 1. The second-order valence-electron chi connectivity index (χ2n) is 5.64. The zero-order chi connectivity index (χ0) is 17.2. The van der Waals surface area contributed by atoms with Crippen molar-refractivity contribution >= 4 is 17.6 Å². The van der Waals surface area contributed by atoms with Gasteiger partial charge in [0, 0.05) is 12.6 Å². The normalized spacial score (nSPS) is 13.3. The number of hydrogen-bond donors (Lipinski definition) is 2. The van der Waals surface area contributed by atoms with E-state index in [0.717, 1.165) is 6.07 Å². The fourth-order valence-corrected chi connectivity index (χ4v) is 1.88. The van der Waals surface area contributed by atoms with Gasteiger partial charge >= 0.3 is 5.97 Å². The third-order valence-corrected chi connectivity index (χ3v) is 3.37. The predicted octanol–water partition coefficient (Wildman–Crippen LogP) is 1.21. The first-order valence-corrected chi connectivity index (χ1v) is 6.82. The SMILES string of the molecule is CC(C)(CNC(=O)c1cc2c(cc1[N+](=O)[O-])OCCO2)C(=O)O. The Morgan fingerprint density at radius 2 is 1.87 bits per heavy atom. The quantitative estimate of drug-likeness (QED) is 0.615. The van der Waals surface area contributed by atoms with Crippen LogP contribution >= 0.6 is 0 Å². The molecule has 1 aromatic rings. The minimum atomic E-state index is -1.20. The number of carbonyl (C=O) groups is 2. The Balaban J connectivity index is 2.28. The van der Waals surface area contributed by atoms with Gasteiger partial charge in [-0.1, -0.05) is 0 Å². The van der Waals surface area contributed by atoms with Crippen molar-refractivity contribution in [2.45, 2.75) is 13.8 Å². The molecule has 0 saturated heterocycles. The molecular formula is C14H16N2O7. The molecule has 2 rings (SSSR count). The van der Waals surface area contributed by atoms with E-state index in [0.29, 0.717) is 0 Å². The number of fused-ring (bicyclic) bond motifs is 1. The lowest BCUT2D eigenvalue weighted by Crippen LogP contribution is -2.39. The van der Waals surface area contributed by atoms with E-state index in [9.17, 15) is 19.7 Å². The van der Waals surface area contributed by atoms with Gasteiger partial charge in [0.25, 0.3) is 11.6 Å². The summed E-state index contributed by atoms with van der Waals surface area (Å²) in [4.78, 5) is 33.7. The van der Waals surface area contributed by atoms with E-state index in [2.05, 4.69) is 5.32 Å². The minimum Gasteiger partial charge on any atom is -0.486 e. The number of nitrogens with one attached hydrogen (secondary N) is 1. The highest BCUT2D eigenvalue weighted by atomic mass is 16.6. The van der Waals surface area contributed by atoms with Crippen LogP contribution < -0.4 is 14.8 Å². The molecule has 0 aliphatic carbocycles. The van der Waals surface area contributed by atoms with Gasteiger partial charge in [0.15, 0.2) is 11.5 Å². The van der Waals surface area contributed by atoms with Gasteiger partial charge in [-0.05, 0) is 13.8 Å². The minimum absolute atomic E-state index is 0.174. The van der Waals surface area contributed by atoms with Crippen molar-refractivity contribution in [2.24, 2.45) is 5.41 Å². The van der Waals surface area contributed by atoms with Crippen molar-refractivity contribution in [1.29, 1.82) is 0 Å². The van der Waals surface area contributed by atoms with Crippen LogP contribution in [0.2, 0.25) is 0 Å². The van der Waals surface area contributed by atoms with E-state index in [1.165, 1.54) is 19.9 Å². The topological polar surface area (TPSA) is 128 Å². The van der Waals surface area contributed by atoms with Gasteiger partial charge < -0.3 is 19.9 Å². The molecule has 1 aromatic carbocycles. The van der Waals surface area contributed by atoms with Crippen LogP contribution in [-0.2, 0) is 4.79 Å². The summed E-state index contributed by atoms with van der Waals surface area (Å²) in [6.07, 6.45) is 0. The smallest absolute Gasteiger partial charge is 0.310 e. The molecule has 1 amide bonds. The lowest BCUT2D eigenvalue weighted by Gasteiger charge is -2.21. The van der Waals surface area contributed by atoms with Crippen molar-refractivity contribution in [1.82, 2.24) is 5.32 Å². The van der Waals surface area contributed by atoms with Crippen LogP contribution in [0.3, 0.4) is 0 Å². The highest BCUT2D eigenvalue weighted by Crippen LogP contribution is 2.36. The van der Waals surface area contributed by atoms with Crippen molar-refractivity contribution in [3.8, 4) is 11.5 Å². The lowest BCUT2D eigenvalue weighted by molar-refractivity contribution is -0.385. The summed E-state index contributed by atoms with van der Waals surface area (Å²) in [6.45, 7) is 3.24. The Morgan fingerprint density at radius 1 is 1.30 bits per heavy atom. The Kier molecular flexibility index (Phi) is 4.39. The summed E-state index contributed by atoms with van der Waals surface area (Å²) in [6, 6.07) is 2.36. The Bertz CT molecular complexity index is 669. The summed E-state index contributed by atoms with van der Waals surface area (Å²) in [5.41, 5.74) is -1.83. The summed E-state index contributed by atoms with van der Waals surface area (Å²) in [7, 11) is 0. The number of nitrogens with zero attached hydrogens (tertiary/aromatic N) is 1. The van der Waals surface area contributed by atoms with E-state index in [4.69, 9.17) is 14.6 Å². The van der Waals surface area contributed by atoms with Crippen molar-refractivity contribution in [3.63, 3.8) is 0 Å². The van der Waals surface area contributed by atoms with E-state index < -0.39 is 27.9 Å². The molecular weight excluding hydrogens is 308 g/mol. The maximum Gasteiger partial charge on any atom is 0.310 e. The van der Waals surface area contributed by atoms with Gasteiger partial charge in [-0.2, -0.15) is 0 Å². The van der Waals surface area contributed by atoms with Crippen LogP contribution in [0.1, 0.15) is 24.2 Å². The second kappa shape index (κ2) is 6.11. The number of benzene rings is 1. The number of ether oxygens (including phenoxy) is 2. The van der Waals surface area contributed by atoms with E-state index in [1.807, 2.05) is 0 Å². The number of rotatable bonds is 5. The second-order valence-corrected chi connectivity index (χ2v) is 5.64. The Labute approximate surface area is 131 Å². The van der Waals surface area contributed by atoms with Gasteiger partial charge in [0.05, 0.1) is 16.4 Å². The van der Waals surface area contributed by atoms with Crippen LogP contribution in [0.5, 0.6) is 11.5 Å². The Hall–Kier alpha value is -2.84. The molecule has 1 heterocycles. The van der Waals surface area contributed by atoms with Gasteiger partial charge in [-0.25, -0.2) is 0 Å². The van der Waals surface area contributed by atoms with Crippen LogP contribution in [-0.4, -0.2) is 41.7 Å². The average Bonchev–Trinajstić information content (AvgIpc) is 2.51. The van der Waals surface area contributed by atoms with Gasteiger partial charge in [-0.3, -0.25) is 19.7 Å². The number of amides is 1. The number of carboxylic acid groups (broad SMARTS) is 1. The van der Waals surface area contributed by atoms with Crippen molar-refractivity contribution in [2.75, 3.05) is 19.8 Å². The maximum absolute atomic E-state index is 12.2. The van der Waals surface area contributed by atoms with Gasteiger partial charge in [-0.15, -0.1) is 0 Å². The third-order valence-electron chi connectivity index (χ3n) is 3.37. The predicted molar refractivity (Wildman–Crippen MR) is 77.8 cm³/mol. The standard InChI is InChI=1S/C14H16N2O7/c1-14(2,13(18)19)7-15-12(17)8-5-10-11(23-4-3-22-10)6-9(8)16(20)21/h5-6H,3-4,7H2,1-2H3,(H,15,17)(H,18,19). The molecule has 0 fully saturated rings. The Morgan fingerprint density at radius 3 is 2.39 bits per heavy atom. The highest BCUT2D eigenvalue weighted by molar-refractivity contribution is 5.99. The molecule has 0 spiro atoms. The van der Waals surface area contributed by atoms with Crippen LogP contribution in [0, 0.1) is 15.5 Å². The molecule has 9 nitrogen and oxygen atoms in total. The molecule has 124 valence electrons. The molecule has 2 N–H and O–H groups in total. The first-order valence-electron chi connectivity index (χ1n) is 6.82. The molecule has 0 aromatic heterocycles. The van der Waals surface area contributed by atoms with Crippen molar-refractivity contribution < 1.29 is 29.1 Å². The first kappa shape index (κ1) is 16.5. The fraction of sp³-hybridized carbons (Fsp3) is 0.429. The lowest BCUT2D eigenvalue weighted by atomic mass is 9.94. The largest absolute Gasteiger partial charge is 0.486 e. The van der Waals surface area contributed by atoms with E-state index >= 15 is 0 Å². The zero-order valence-corrected chi connectivity index (χ0v) is 12.6. The molecule has 1 aliphatic heterocycles.